The molecule has 3 unspecified atom stereocenters. The Morgan fingerprint density at radius 3 is 1.33 bits per heavy atom. The van der Waals surface area contributed by atoms with E-state index < -0.39 is 18.2 Å². The molecule has 0 aliphatic heterocycles. The number of ether oxygens (including phenoxy) is 1. The van der Waals surface area contributed by atoms with Gasteiger partial charge in [0.2, 0.25) is 5.91 Å². The van der Waals surface area contributed by atoms with Gasteiger partial charge >= 0.3 is 5.97 Å². The van der Waals surface area contributed by atoms with Crippen LogP contribution in [0.2, 0.25) is 0 Å². The molecule has 0 aliphatic rings. The van der Waals surface area contributed by atoms with Crippen molar-refractivity contribution in [2.75, 3.05) is 6.61 Å². The maximum absolute atomic E-state index is 13.1. The van der Waals surface area contributed by atoms with E-state index in [1.165, 1.54) is 96.3 Å². The standard InChI is InChI=1S/C51H89NO5/c1-4-7-10-13-16-19-21-23-24-25-26-27-28-31-33-36-39-42-47(57-51(56)44-41-38-35-30-18-15-12-9-6-3)45-50(55)52-48(46-53)49(54)43-40-37-34-32-29-22-20-17-14-11-8-5-2/h7,10,16,19,23-24,26-27,31,33,39,42,47-49,53-54H,4-6,8-9,11-15,17-18,20-22,25,28-30,32,34-38,40-41,43-46H2,1-3H3,(H,52,55)/b10-7-,19-16-,24-23-,27-26-,33-31-,42-39-. The number of carbonyl (C=O) groups excluding carboxylic acids is 2. The summed E-state index contributed by atoms with van der Waals surface area (Å²) in [4.78, 5) is 25.9. The number of hydrogen-bond acceptors (Lipinski definition) is 5. The first-order valence-electron chi connectivity index (χ1n) is 23.7. The molecule has 6 nitrogen and oxygen atoms in total. The molecule has 0 radical (unpaired) electrons. The lowest BCUT2D eigenvalue weighted by atomic mass is 10.0. The fourth-order valence-electron chi connectivity index (χ4n) is 6.72. The Labute approximate surface area is 351 Å². The predicted molar refractivity (Wildman–Crippen MR) is 245 cm³/mol. The highest BCUT2D eigenvalue weighted by Gasteiger charge is 2.23. The lowest BCUT2D eigenvalue weighted by Gasteiger charge is -2.23. The summed E-state index contributed by atoms with van der Waals surface area (Å²) in [5, 5.41) is 23.6. The molecule has 0 fully saturated rings. The molecule has 6 heteroatoms. The van der Waals surface area contributed by atoms with Crippen molar-refractivity contribution in [3.8, 4) is 0 Å². The molecule has 0 heterocycles. The molecule has 3 N–H and O–H groups in total. The summed E-state index contributed by atoms with van der Waals surface area (Å²) < 4.78 is 5.79. The number of rotatable bonds is 41. The number of unbranched alkanes of at least 4 members (excludes halogenated alkanes) is 19. The highest BCUT2D eigenvalue weighted by molar-refractivity contribution is 5.78. The van der Waals surface area contributed by atoms with Crippen molar-refractivity contribution in [2.24, 2.45) is 0 Å². The third-order valence-corrected chi connectivity index (χ3v) is 10.3. The molecule has 0 saturated carbocycles. The number of hydrogen-bond donors (Lipinski definition) is 3. The molecule has 0 aromatic carbocycles. The molecule has 0 rings (SSSR count). The minimum atomic E-state index is -0.819. The van der Waals surface area contributed by atoms with E-state index in [-0.39, 0.29) is 24.9 Å². The summed E-state index contributed by atoms with van der Waals surface area (Å²) in [5.41, 5.74) is 0. The van der Waals surface area contributed by atoms with Crippen molar-refractivity contribution >= 4 is 11.9 Å². The largest absolute Gasteiger partial charge is 0.458 e. The SMILES string of the molecule is CC/C=C\C/C=C\C/C=C\C/C=C\C/C=C\C/C=C\C(CC(=O)NC(CO)C(O)CCCCCCCCCCCCCC)OC(=O)CCCCCCCCCCC. The van der Waals surface area contributed by atoms with Gasteiger partial charge in [0, 0.05) is 6.42 Å². The lowest BCUT2D eigenvalue weighted by Crippen LogP contribution is -2.46. The van der Waals surface area contributed by atoms with E-state index in [4.69, 9.17) is 4.74 Å². The van der Waals surface area contributed by atoms with Crippen molar-refractivity contribution in [2.45, 2.75) is 232 Å². The first kappa shape index (κ1) is 54.3. The molecule has 0 spiro atoms. The van der Waals surface area contributed by atoms with Gasteiger partial charge in [-0.15, -0.1) is 0 Å². The molecule has 0 aromatic rings. The molecular formula is C51H89NO5. The van der Waals surface area contributed by atoms with Crippen LogP contribution in [0.4, 0.5) is 0 Å². The van der Waals surface area contributed by atoms with Crippen molar-refractivity contribution < 1.29 is 24.5 Å². The summed E-state index contributed by atoms with van der Waals surface area (Å²) in [6, 6.07) is -0.742. The van der Waals surface area contributed by atoms with Crippen LogP contribution >= 0.6 is 0 Å². The van der Waals surface area contributed by atoms with Crippen LogP contribution in [0.5, 0.6) is 0 Å². The highest BCUT2D eigenvalue weighted by Crippen LogP contribution is 2.15. The van der Waals surface area contributed by atoms with Gasteiger partial charge in [-0.3, -0.25) is 9.59 Å². The van der Waals surface area contributed by atoms with Crippen LogP contribution in [-0.2, 0) is 14.3 Å². The number of nitrogens with one attached hydrogen (secondary N) is 1. The lowest BCUT2D eigenvalue weighted by molar-refractivity contribution is -0.148. The number of carbonyl (C=O) groups is 2. The second-order valence-electron chi connectivity index (χ2n) is 15.8. The summed E-state index contributed by atoms with van der Waals surface area (Å²) in [6.07, 6.45) is 55.6. The highest BCUT2D eigenvalue weighted by atomic mass is 16.5. The zero-order chi connectivity index (χ0) is 41.7. The summed E-state index contributed by atoms with van der Waals surface area (Å²) >= 11 is 0. The van der Waals surface area contributed by atoms with Gasteiger partial charge in [0.1, 0.15) is 6.10 Å². The summed E-state index contributed by atoms with van der Waals surface area (Å²) in [6.45, 7) is 6.29. The van der Waals surface area contributed by atoms with Crippen LogP contribution < -0.4 is 5.32 Å². The molecule has 1 amide bonds. The van der Waals surface area contributed by atoms with E-state index in [1.54, 1.807) is 6.08 Å². The molecule has 3 atom stereocenters. The Balaban J connectivity index is 4.77. The zero-order valence-electron chi connectivity index (χ0n) is 37.2. The first-order chi connectivity index (χ1) is 28.0. The van der Waals surface area contributed by atoms with E-state index in [2.05, 4.69) is 86.8 Å². The topological polar surface area (TPSA) is 95.9 Å². The number of allylic oxidation sites excluding steroid dienone is 11. The molecule has 0 aromatic heterocycles. The van der Waals surface area contributed by atoms with E-state index in [0.29, 0.717) is 19.3 Å². The van der Waals surface area contributed by atoms with Crippen LogP contribution in [-0.4, -0.2) is 46.9 Å². The normalized spacial score (nSPS) is 14.0. The number of aliphatic hydroxyl groups excluding tert-OH is 2. The van der Waals surface area contributed by atoms with Crippen LogP contribution in [0.15, 0.2) is 72.9 Å². The number of esters is 1. The van der Waals surface area contributed by atoms with Crippen molar-refractivity contribution in [1.82, 2.24) is 5.32 Å². The van der Waals surface area contributed by atoms with Gasteiger partial charge in [0.15, 0.2) is 0 Å². The van der Waals surface area contributed by atoms with Gasteiger partial charge in [-0.25, -0.2) is 0 Å². The average Bonchev–Trinajstić information content (AvgIpc) is 3.20. The van der Waals surface area contributed by atoms with Gasteiger partial charge in [-0.05, 0) is 57.4 Å². The second-order valence-corrected chi connectivity index (χ2v) is 15.8. The van der Waals surface area contributed by atoms with Gasteiger partial charge in [0.05, 0.1) is 25.2 Å². The quantitative estimate of drug-likeness (QED) is 0.0325. The number of aliphatic hydroxyl groups is 2. The molecule has 0 bridgehead atoms. The fraction of sp³-hybridized carbons (Fsp3) is 0.725. The molecular weight excluding hydrogens is 707 g/mol. The van der Waals surface area contributed by atoms with Gasteiger partial charge < -0.3 is 20.3 Å². The summed E-state index contributed by atoms with van der Waals surface area (Å²) in [7, 11) is 0. The third-order valence-electron chi connectivity index (χ3n) is 10.3. The van der Waals surface area contributed by atoms with Crippen LogP contribution in [0, 0.1) is 0 Å². The maximum atomic E-state index is 13.1. The number of amides is 1. The van der Waals surface area contributed by atoms with Crippen molar-refractivity contribution in [3.63, 3.8) is 0 Å². The average molecular weight is 796 g/mol. The van der Waals surface area contributed by atoms with Crippen LogP contribution in [0.1, 0.15) is 213 Å². The Morgan fingerprint density at radius 2 is 0.912 bits per heavy atom. The Hall–Kier alpha value is -2.70. The van der Waals surface area contributed by atoms with Gasteiger partial charge in [-0.1, -0.05) is 216 Å². The Morgan fingerprint density at radius 1 is 0.526 bits per heavy atom. The van der Waals surface area contributed by atoms with Gasteiger partial charge in [0.25, 0.3) is 0 Å². The molecule has 57 heavy (non-hydrogen) atoms. The maximum Gasteiger partial charge on any atom is 0.306 e. The van der Waals surface area contributed by atoms with E-state index >= 15 is 0 Å². The van der Waals surface area contributed by atoms with Crippen LogP contribution in [0.25, 0.3) is 0 Å². The third kappa shape index (κ3) is 39.9. The second kappa shape index (κ2) is 44.4. The smallest absolute Gasteiger partial charge is 0.306 e. The minimum Gasteiger partial charge on any atom is -0.458 e. The Kier molecular flexibility index (Phi) is 42.3. The fourth-order valence-corrected chi connectivity index (χ4v) is 6.72. The molecule has 0 aliphatic carbocycles. The zero-order valence-corrected chi connectivity index (χ0v) is 37.2. The van der Waals surface area contributed by atoms with Crippen molar-refractivity contribution in [1.29, 1.82) is 0 Å². The molecule has 0 saturated heterocycles. The van der Waals surface area contributed by atoms with E-state index in [9.17, 15) is 19.8 Å². The molecule has 328 valence electrons. The van der Waals surface area contributed by atoms with Crippen molar-refractivity contribution in [3.05, 3.63) is 72.9 Å². The Bertz CT molecular complexity index is 1070. The predicted octanol–water partition coefficient (Wildman–Crippen LogP) is 13.8. The van der Waals surface area contributed by atoms with Gasteiger partial charge in [-0.2, -0.15) is 0 Å². The van der Waals surface area contributed by atoms with E-state index in [1.807, 2.05) is 6.08 Å². The van der Waals surface area contributed by atoms with E-state index in [0.717, 1.165) is 70.6 Å². The van der Waals surface area contributed by atoms with Crippen LogP contribution in [0.3, 0.4) is 0 Å². The monoisotopic (exact) mass is 796 g/mol. The minimum absolute atomic E-state index is 0.0481. The first-order valence-corrected chi connectivity index (χ1v) is 23.7. The summed E-state index contributed by atoms with van der Waals surface area (Å²) in [5.74, 6) is -0.635.